The Balaban J connectivity index is 1.84. The van der Waals surface area contributed by atoms with Gasteiger partial charge in [0.25, 0.3) is 0 Å². The van der Waals surface area contributed by atoms with Crippen molar-refractivity contribution in [2.75, 3.05) is 21.3 Å². The van der Waals surface area contributed by atoms with Gasteiger partial charge in [-0.25, -0.2) is 4.68 Å². The summed E-state index contributed by atoms with van der Waals surface area (Å²) in [6.45, 7) is 0. The van der Waals surface area contributed by atoms with Crippen molar-refractivity contribution < 1.29 is 14.2 Å². The molecular weight excluding hydrogens is 388 g/mol. The molecule has 0 fully saturated rings. The second kappa shape index (κ2) is 7.84. The van der Waals surface area contributed by atoms with Gasteiger partial charge in [0.05, 0.1) is 38.4 Å². The van der Waals surface area contributed by atoms with Crippen molar-refractivity contribution >= 4 is 0 Å². The molecule has 4 aromatic rings. The molecule has 0 N–H and O–H groups in total. The van der Waals surface area contributed by atoms with E-state index in [4.69, 9.17) is 19.3 Å². The van der Waals surface area contributed by atoms with Crippen LogP contribution in [0, 0.1) is 0 Å². The molecule has 5 heteroatoms. The molecule has 0 unspecified atom stereocenters. The standard InChI is InChI=1S/C26H24N2O3/c1-29-22-15-18(16-23(30-2)26(22)31-3)25-24-20-12-8-7-9-17(20)13-14-21(24)27-28(25)19-10-5-4-6-11-19/h4-12,15-16H,13-14H2,1-3H3. The second-order valence-corrected chi connectivity index (χ2v) is 7.49. The highest BCUT2D eigenvalue weighted by Gasteiger charge is 2.28. The Bertz CT molecular complexity index is 1220. The smallest absolute Gasteiger partial charge is 0.203 e. The lowest BCUT2D eigenvalue weighted by molar-refractivity contribution is 0.324. The van der Waals surface area contributed by atoms with Gasteiger partial charge < -0.3 is 14.2 Å². The van der Waals surface area contributed by atoms with Gasteiger partial charge in [0.1, 0.15) is 0 Å². The van der Waals surface area contributed by atoms with Crippen LogP contribution in [0.5, 0.6) is 17.2 Å². The Morgan fingerprint density at radius 3 is 2.13 bits per heavy atom. The van der Waals surface area contributed by atoms with Crippen molar-refractivity contribution in [3.8, 4) is 45.3 Å². The molecule has 0 bridgehead atoms. The van der Waals surface area contributed by atoms with Crippen LogP contribution in [0.3, 0.4) is 0 Å². The fourth-order valence-corrected chi connectivity index (χ4v) is 4.40. The van der Waals surface area contributed by atoms with E-state index in [9.17, 15) is 0 Å². The van der Waals surface area contributed by atoms with Gasteiger partial charge >= 0.3 is 0 Å². The zero-order valence-corrected chi connectivity index (χ0v) is 17.9. The summed E-state index contributed by atoms with van der Waals surface area (Å²) in [5.74, 6) is 1.82. The summed E-state index contributed by atoms with van der Waals surface area (Å²) in [4.78, 5) is 0. The van der Waals surface area contributed by atoms with E-state index >= 15 is 0 Å². The van der Waals surface area contributed by atoms with E-state index in [-0.39, 0.29) is 0 Å². The number of benzene rings is 3. The highest BCUT2D eigenvalue weighted by Crippen LogP contribution is 2.46. The zero-order chi connectivity index (χ0) is 21.4. The van der Waals surface area contributed by atoms with Crippen molar-refractivity contribution in [3.05, 3.63) is 78.0 Å². The van der Waals surface area contributed by atoms with E-state index in [0.717, 1.165) is 35.5 Å². The Kier molecular flexibility index (Phi) is 4.86. The van der Waals surface area contributed by atoms with Crippen molar-refractivity contribution in [2.24, 2.45) is 0 Å². The fourth-order valence-electron chi connectivity index (χ4n) is 4.40. The molecular formula is C26H24N2O3. The lowest BCUT2D eigenvalue weighted by Gasteiger charge is -2.19. The third-order valence-corrected chi connectivity index (χ3v) is 5.81. The summed E-state index contributed by atoms with van der Waals surface area (Å²) >= 11 is 0. The molecule has 31 heavy (non-hydrogen) atoms. The maximum Gasteiger partial charge on any atom is 0.203 e. The summed E-state index contributed by atoms with van der Waals surface area (Å²) in [6.07, 6.45) is 1.90. The molecule has 0 amide bonds. The van der Waals surface area contributed by atoms with Crippen LogP contribution in [0.15, 0.2) is 66.7 Å². The second-order valence-electron chi connectivity index (χ2n) is 7.49. The van der Waals surface area contributed by atoms with Gasteiger partial charge in [0.15, 0.2) is 11.5 Å². The molecule has 3 aromatic carbocycles. The van der Waals surface area contributed by atoms with Crippen LogP contribution in [0.4, 0.5) is 0 Å². The average Bonchev–Trinajstić information content (AvgIpc) is 3.24. The Labute approximate surface area is 181 Å². The lowest BCUT2D eigenvalue weighted by atomic mass is 9.87. The number of nitrogens with zero attached hydrogens (tertiary/aromatic N) is 2. The summed E-state index contributed by atoms with van der Waals surface area (Å²) < 4.78 is 18.9. The van der Waals surface area contributed by atoms with Crippen molar-refractivity contribution in [1.29, 1.82) is 0 Å². The Hall–Kier alpha value is -3.73. The number of hydrogen-bond donors (Lipinski definition) is 0. The number of aromatic nitrogens is 2. The number of ether oxygens (including phenoxy) is 3. The number of fused-ring (bicyclic) bond motifs is 3. The van der Waals surface area contributed by atoms with Crippen LogP contribution in [0.25, 0.3) is 28.1 Å². The molecule has 1 aliphatic rings. The number of hydrogen-bond acceptors (Lipinski definition) is 4. The predicted molar refractivity (Wildman–Crippen MR) is 122 cm³/mol. The number of aryl methyl sites for hydroxylation is 2. The highest BCUT2D eigenvalue weighted by molar-refractivity contribution is 5.88. The molecule has 156 valence electrons. The molecule has 0 saturated carbocycles. The average molecular weight is 412 g/mol. The predicted octanol–water partition coefficient (Wildman–Crippen LogP) is 5.33. The lowest BCUT2D eigenvalue weighted by Crippen LogP contribution is -2.03. The summed E-state index contributed by atoms with van der Waals surface area (Å²) in [5.41, 5.74) is 7.84. The molecule has 5 nitrogen and oxygen atoms in total. The van der Waals surface area contributed by atoms with Crippen LogP contribution in [-0.4, -0.2) is 31.1 Å². The normalized spacial score (nSPS) is 12.1. The van der Waals surface area contributed by atoms with Gasteiger partial charge in [0, 0.05) is 11.1 Å². The van der Waals surface area contributed by atoms with Gasteiger partial charge in [0.2, 0.25) is 5.75 Å². The quantitative estimate of drug-likeness (QED) is 0.444. The highest BCUT2D eigenvalue weighted by atomic mass is 16.5. The van der Waals surface area contributed by atoms with Crippen LogP contribution in [0.2, 0.25) is 0 Å². The first-order chi connectivity index (χ1) is 15.2. The topological polar surface area (TPSA) is 45.5 Å². The van der Waals surface area contributed by atoms with Crippen molar-refractivity contribution in [2.45, 2.75) is 12.8 Å². The van der Waals surface area contributed by atoms with E-state index in [0.29, 0.717) is 17.2 Å². The maximum absolute atomic E-state index is 5.64. The monoisotopic (exact) mass is 412 g/mol. The molecule has 0 aliphatic heterocycles. The first-order valence-corrected chi connectivity index (χ1v) is 10.3. The summed E-state index contributed by atoms with van der Waals surface area (Å²) in [7, 11) is 4.90. The van der Waals surface area contributed by atoms with Crippen molar-refractivity contribution in [3.63, 3.8) is 0 Å². The largest absolute Gasteiger partial charge is 0.493 e. The first-order valence-electron chi connectivity index (χ1n) is 10.3. The minimum Gasteiger partial charge on any atom is -0.493 e. The zero-order valence-electron chi connectivity index (χ0n) is 17.9. The van der Waals surface area contributed by atoms with Gasteiger partial charge in [-0.15, -0.1) is 0 Å². The third kappa shape index (κ3) is 3.13. The van der Waals surface area contributed by atoms with Gasteiger partial charge in [-0.1, -0.05) is 42.5 Å². The van der Waals surface area contributed by atoms with E-state index in [1.54, 1.807) is 21.3 Å². The molecule has 1 heterocycles. The Morgan fingerprint density at radius 1 is 0.774 bits per heavy atom. The minimum absolute atomic E-state index is 0.578. The molecule has 0 atom stereocenters. The molecule has 1 aliphatic carbocycles. The maximum atomic E-state index is 5.64. The number of para-hydroxylation sites is 1. The van der Waals surface area contributed by atoms with Crippen molar-refractivity contribution in [1.82, 2.24) is 9.78 Å². The molecule has 1 aromatic heterocycles. The summed E-state index contributed by atoms with van der Waals surface area (Å²) in [6, 6.07) is 22.8. The van der Waals surface area contributed by atoms with E-state index in [1.165, 1.54) is 16.7 Å². The SMILES string of the molecule is COc1cc(-c2c3c(nn2-c2ccccc2)CCc2ccccc2-3)cc(OC)c1OC. The van der Waals surface area contributed by atoms with E-state index in [2.05, 4.69) is 36.4 Å². The minimum atomic E-state index is 0.578. The molecule has 0 saturated heterocycles. The number of rotatable bonds is 5. The number of methoxy groups -OCH3 is 3. The van der Waals surface area contributed by atoms with Crippen LogP contribution >= 0.6 is 0 Å². The van der Waals surface area contributed by atoms with E-state index in [1.807, 2.05) is 35.0 Å². The van der Waals surface area contributed by atoms with Gasteiger partial charge in [-0.2, -0.15) is 5.10 Å². The summed E-state index contributed by atoms with van der Waals surface area (Å²) in [5, 5.41) is 5.05. The molecule has 0 radical (unpaired) electrons. The van der Waals surface area contributed by atoms with Gasteiger partial charge in [-0.3, -0.25) is 0 Å². The molecule has 5 rings (SSSR count). The van der Waals surface area contributed by atoms with Crippen LogP contribution < -0.4 is 14.2 Å². The Morgan fingerprint density at radius 2 is 1.45 bits per heavy atom. The third-order valence-electron chi connectivity index (χ3n) is 5.81. The molecule has 0 spiro atoms. The van der Waals surface area contributed by atoms with Gasteiger partial charge in [-0.05, 0) is 48.2 Å². The first kappa shape index (κ1) is 19.2. The van der Waals surface area contributed by atoms with Crippen LogP contribution in [0.1, 0.15) is 11.3 Å². The van der Waals surface area contributed by atoms with Crippen LogP contribution in [-0.2, 0) is 12.8 Å². The fraction of sp³-hybridized carbons (Fsp3) is 0.192. The van der Waals surface area contributed by atoms with E-state index < -0.39 is 0 Å².